The van der Waals surface area contributed by atoms with E-state index < -0.39 is 0 Å². The van der Waals surface area contributed by atoms with E-state index in [0.29, 0.717) is 6.54 Å². The molecule has 0 amide bonds. The number of rotatable bonds is 5. The van der Waals surface area contributed by atoms with Crippen molar-refractivity contribution in [2.24, 2.45) is 0 Å². The van der Waals surface area contributed by atoms with E-state index in [1.165, 1.54) is 0 Å². The lowest BCUT2D eigenvalue weighted by Crippen LogP contribution is -2.09. The molecule has 0 saturated heterocycles. The Bertz CT molecular complexity index is 581. The Morgan fingerprint density at radius 1 is 1.15 bits per heavy atom. The number of anilines is 1. The second-order valence-corrected chi connectivity index (χ2v) is 5.52. The number of halogens is 1. The highest BCUT2D eigenvalue weighted by Gasteiger charge is 2.06. The Kier molecular flexibility index (Phi) is 4.91. The van der Waals surface area contributed by atoms with Gasteiger partial charge in [-0.1, -0.05) is 35.9 Å². The number of nitrogens with one attached hydrogen (secondary N) is 1. The highest BCUT2D eigenvalue weighted by Crippen LogP contribution is 2.25. The summed E-state index contributed by atoms with van der Waals surface area (Å²) in [4.78, 5) is 0. The molecule has 2 aromatic rings. The Labute approximate surface area is 125 Å². The molecule has 0 aliphatic carbocycles. The van der Waals surface area contributed by atoms with Crippen LogP contribution < -0.4 is 10.1 Å². The van der Waals surface area contributed by atoms with Crippen molar-refractivity contribution in [2.75, 3.05) is 5.32 Å². The third kappa shape index (κ3) is 3.91. The van der Waals surface area contributed by atoms with Crippen molar-refractivity contribution in [2.45, 2.75) is 33.4 Å². The number of hydrogen-bond acceptors (Lipinski definition) is 2. The Hall–Kier alpha value is -1.67. The van der Waals surface area contributed by atoms with Crippen LogP contribution in [-0.2, 0) is 6.54 Å². The van der Waals surface area contributed by atoms with E-state index in [-0.39, 0.29) is 6.10 Å². The van der Waals surface area contributed by atoms with Gasteiger partial charge in [0.15, 0.2) is 0 Å². The number of ether oxygens (including phenoxy) is 1. The summed E-state index contributed by atoms with van der Waals surface area (Å²) in [6, 6.07) is 14.1. The van der Waals surface area contributed by atoms with Crippen molar-refractivity contribution < 1.29 is 4.74 Å². The van der Waals surface area contributed by atoms with E-state index >= 15 is 0 Å². The molecule has 0 spiro atoms. The van der Waals surface area contributed by atoms with E-state index in [0.717, 1.165) is 27.6 Å². The fourth-order valence-electron chi connectivity index (χ4n) is 1.97. The van der Waals surface area contributed by atoms with Gasteiger partial charge in [0, 0.05) is 12.1 Å². The largest absolute Gasteiger partial charge is 0.491 e. The Balaban J connectivity index is 2.10. The molecular formula is C17H20ClNO. The SMILES string of the molecule is Cc1ccc(NCc2ccccc2OC(C)C)c(Cl)c1. The topological polar surface area (TPSA) is 21.3 Å². The van der Waals surface area contributed by atoms with Gasteiger partial charge >= 0.3 is 0 Å². The van der Waals surface area contributed by atoms with Crippen LogP contribution >= 0.6 is 11.6 Å². The normalized spacial score (nSPS) is 10.7. The average molecular weight is 290 g/mol. The molecule has 0 unspecified atom stereocenters. The van der Waals surface area contributed by atoms with Gasteiger partial charge in [-0.3, -0.25) is 0 Å². The maximum absolute atomic E-state index is 6.23. The molecule has 1 N–H and O–H groups in total. The summed E-state index contributed by atoms with van der Waals surface area (Å²) in [7, 11) is 0. The number of hydrogen-bond donors (Lipinski definition) is 1. The summed E-state index contributed by atoms with van der Waals surface area (Å²) in [5.41, 5.74) is 3.22. The molecule has 0 radical (unpaired) electrons. The molecule has 2 rings (SSSR count). The van der Waals surface area contributed by atoms with Crippen LogP contribution in [-0.4, -0.2) is 6.10 Å². The first-order valence-electron chi connectivity index (χ1n) is 6.81. The van der Waals surface area contributed by atoms with Gasteiger partial charge in [0.2, 0.25) is 0 Å². The molecule has 0 aromatic heterocycles. The minimum absolute atomic E-state index is 0.166. The molecular weight excluding hydrogens is 270 g/mol. The molecule has 2 nitrogen and oxygen atoms in total. The predicted octanol–water partition coefficient (Wildman–Crippen LogP) is 5.05. The molecule has 0 atom stereocenters. The monoisotopic (exact) mass is 289 g/mol. The Morgan fingerprint density at radius 3 is 2.60 bits per heavy atom. The van der Waals surface area contributed by atoms with Crippen LogP contribution in [0.4, 0.5) is 5.69 Å². The smallest absolute Gasteiger partial charge is 0.124 e. The van der Waals surface area contributed by atoms with Crippen molar-refractivity contribution in [1.82, 2.24) is 0 Å². The predicted molar refractivity (Wildman–Crippen MR) is 85.7 cm³/mol. The molecule has 3 heteroatoms. The molecule has 0 saturated carbocycles. The van der Waals surface area contributed by atoms with Crippen molar-refractivity contribution in [3.8, 4) is 5.75 Å². The first-order valence-corrected chi connectivity index (χ1v) is 7.18. The summed E-state index contributed by atoms with van der Waals surface area (Å²) in [6.45, 7) is 6.77. The van der Waals surface area contributed by atoms with Crippen molar-refractivity contribution in [1.29, 1.82) is 0 Å². The standard InChI is InChI=1S/C17H20ClNO/c1-12(2)20-17-7-5-4-6-14(17)11-19-16-9-8-13(3)10-15(16)18/h4-10,12,19H,11H2,1-3H3. The average Bonchev–Trinajstić information content (AvgIpc) is 2.39. The zero-order valence-electron chi connectivity index (χ0n) is 12.1. The lowest BCUT2D eigenvalue weighted by atomic mass is 10.2. The third-order valence-corrected chi connectivity index (χ3v) is 3.24. The zero-order chi connectivity index (χ0) is 14.5. The van der Waals surface area contributed by atoms with Crippen molar-refractivity contribution in [3.05, 3.63) is 58.6 Å². The number of aryl methyl sites for hydroxylation is 1. The van der Waals surface area contributed by atoms with E-state index in [1.807, 2.05) is 57.2 Å². The van der Waals surface area contributed by atoms with Gasteiger partial charge < -0.3 is 10.1 Å². The molecule has 2 aromatic carbocycles. The van der Waals surface area contributed by atoms with Crippen molar-refractivity contribution >= 4 is 17.3 Å². The molecule has 0 bridgehead atoms. The van der Waals surface area contributed by atoms with Gasteiger partial charge in [0.05, 0.1) is 16.8 Å². The van der Waals surface area contributed by atoms with Crippen LogP contribution in [0.1, 0.15) is 25.0 Å². The number of para-hydroxylation sites is 1. The molecule has 0 fully saturated rings. The molecule has 20 heavy (non-hydrogen) atoms. The lowest BCUT2D eigenvalue weighted by molar-refractivity contribution is 0.240. The highest BCUT2D eigenvalue weighted by molar-refractivity contribution is 6.33. The van der Waals surface area contributed by atoms with Gasteiger partial charge in [0.25, 0.3) is 0 Å². The van der Waals surface area contributed by atoms with Gasteiger partial charge in [0.1, 0.15) is 5.75 Å². The van der Waals surface area contributed by atoms with Gasteiger partial charge in [-0.15, -0.1) is 0 Å². The Morgan fingerprint density at radius 2 is 1.90 bits per heavy atom. The third-order valence-electron chi connectivity index (χ3n) is 2.93. The first kappa shape index (κ1) is 14.7. The van der Waals surface area contributed by atoms with E-state index in [9.17, 15) is 0 Å². The molecule has 0 aliphatic rings. The maximum Gasteiger partial charge on any atom is 0.124 e. The maximum atomic E-state index is 6.23. The van der Waals surface area contributed by atoms with Crippen LogP contribution in [0.15, 0.2) is 42.5 Å². The molecule has 106 valence electrons. The minimum atomic E-state index is 0.166. The van der Waals surface area contributed by atoms with Gasteiger partial charge in [-0.05, 0) is 44.5 Å². The van der Waals surface area contributed by atoms with Crippen molar-refractivity contribution in [3.63, 3.8) is 0 Å². The minimum Gasteiger partial charge on any atom is -0.491 e. The molecule has 0 heterocycles. The zero-order valence-corrected chi connectivity index (χ0v) is 12.9. The summed E-state index contributed by atoms with van der Waals surface area (Å²) >= 11 is 6.23. The quantitative estimate of drug-likeness (QED) is 0.832. The van der Waals surface area contributed by atoms with Gasteiger partial charge in [-0.2, -0.15) is 0 Å². The van der Waals surface area contributed by atoms with Gasteiger partial charge in [-0.25, -0.2) is 0 Å². The fraction of sp³-hybridized carbons (Fsp3) is 0.294. The lowest BCUT2D eigenvalue weighted by Gasteiger charge is -2.15. The van der Waals surface area contributed by atoms with Crippen LogP contribution in [0.5, 0.6) is 5.75 Å². The van der Waals surface area contributed by atoms with E-state index in [4.69, 9.17) is 16.3 Å². The van der Waals surface area contributed by atoms with Crippen LogP contribution in [0.3, 0.4) is 0 Å². The summed E-state index contributed by atoms with van der Waals surface area (Å²) in [5, 5.41) is 4.10. The molecule has 0 aliphatic heterocycles. The first-order chi connectivity index (χ1) is 9.56. The van der Waals surface area contributed by atoms with Crippen LogP contribution in [0, 0.1) is 6.92 Å². The summed E-state index contributed by atoms with van der Waals surface area (Å²) < 4.78 is 5.81. The summed E-state index contributed by atoms with van der Waals surface area (Å²) in [6.07, 6.45) is 0.166. The van der Waals surface area contributed by atoms with Crippen LogP contribution in [0.2, 0.25) is 5.02 Å². The van der Waals surface area contributed by atoms with Crippen LogP contribution in [0.25, 0.3) is 0 Å². The number of benzene rings is 2. The summed E-state index contributed by atoms with van der Waals surface area (Å²) in [5.74, 6) is 0.915. The highest BCUT2D eigenvalue weighted by atomic mass is 35.5. The second kappa shape index (κ2) is 6.67. The second-order valence-electron chi connectivity index (χ2n) is 5.11. The van der Waals surface area contributed by atoms with E-state index in [2.05, 4.69) is 11.4 Å². The van der Waals surface area contributed by atoms with E-state index in [1.54, 1.807) is 0 Å². The fourth-order valence-corrected chi connectivity index (χ4v) is 2.27.